The highest BCUT2D eigenvalue weighted by molar-refractivity contribution is 7.99. The number of thioether (sulfide) groups is 1. The van der Waals surface area contributed by atoms with E-state index in [1.165, 1.54) is 29.4 Å². The number of aromatic nitrogens is 2. The van der Waals surface area contributed by atoms with Gasteiger partial charge in [-0.15, -0.1) is 24.2 Å². The summed E-state index contributed by atoms with van der Waals surface area (Å²) >= 11 is 1.23. The molecular weight excluding hydrogens is 362 g/mol. The standard InChI is InChI=1S/C13H23N3O6S.ClH/c1-3-23-12(8(14)10(20)9(19)7(18)5-17)16-4-6(2)11(21)15-13(16)22;/h4,7-10,12,17-20H,3,5,14H2,1-2H3,(H,15,21,22);1H. The maximum atomic E-state index is 12.0. The Morgan fingerprint density at radius 3 is 2.38 bits per heavy atom. The van der Waals surface area contributed by atoms with Crippen molar-refractivity contribution in [1.82, 2.24) is 9.55 Å². The van der Waals surface area contributed by atoms with Gasteiger partial charge in [-0.25, -0.2) is 4.79 Å². The predicted octanol–water partition coefficient (Wildman–Crippen LogP) is -2.08. The minimum Gasteiger partial charge on any atom is -0.394 e. The first kappa shape index (κ1) is 23.1. The van der Waals surface area contributed by atoms with Crippen molar-refractivity contribution in [1.29, 1.82) is 0 Å². The van der Waals surface area contributed by atoms with Crippen LogP contribution < -0.4 is 17.0 Å². The molecule has 5 atom stereocenters. The molecule has 0 aliphatic rings. The summed E-state index contributed by atoms with van der Waals surface area (Å²) in [7, 11) is 0. The van der Waals surface area contributed by atoms with E-state index in [1.54, 1.807) is 0 Å². The Bertz CT molecular complexity index is 624. The van der Waals surface area contributed by atoms with Gasteiger partial charge in [0, 0.05) is 11.8 Å². The van der Waals surface area contributed by atoms with E-state index in [4.69, 9.17) is 10.8 Å². The van der Waals surface area contributed by atoms with Crippen molar-refractivity contribution in [3.05, 3.63) is 32.6 Å². The third-order valence-electron chi connectivity index (χ3n) is 3.41. The van der Waals surface area contributed by atoms with E-state index in [9.17, 15) is 24.9 Å². The fourth-order valence-corrected chi connectivity index (χ4v) is 3.10. The Balaban J connectivity index is 0.00000529. The highest BCUT2D eigenvalue weighted by Gasteiger charge is 2.35. The predicted molar refractivity (Wildman–Crippen MR) is 93.6 cm³/mol. The molecule has 0 radical (unpaired) electrons. The van der Waals surface area contributed by atoms with E-state index in [1.807, 2.05) is 6.92 Å². The summed E-state index contributed by atoms with van der Waals surface area (Å²) in [4.78, 5) is 25.6. The second kappa shape index (κ2) is 10.2. The minimum atomic E-state index is -1.67. The third-order valence-corrected chi connectivity index (χ3v) is 4.63. The SMILES string of the molecule is CCSC(C(N)C(O)C(O)C(O)CO)n1cc(C)c(=O)[nH]c1=O.Cl. The number of H-pyrrole nitrogens is 1. The van der Waals surface area contributed by atoms with Crippen LogP contribution in [0.1, 0.15) is 17.9 Å². The van der Waals surface area contributed by atoms with E-state index in [0.717, 1.165) is 0 Å². The number of rotatable bonds is 8. The second-order valence-electron chi connectivity index (χ2n) is 5.13. The highest BCUT2D eigenvalue weighted by atomic mass is 35.5. The fourth-order valence-electron chi connectivity index (χ4n) is 2.05. The normalized spacial score (nSPS) is 17.5. The number of aliphatic hydroxyl groups excluding tert-OH is 4. The summed E-state index contributed by atoms with van der Waals surface area (Å²) in [5.74, 6) is 0.550. The molecule has 0 amide bonds. The maximum absolute atomic E-state index is 12.0. The van der Waals surface area contributed by atoms with Crippen LogP contribution in [0.5, 0.6) is 0 Å². The van der Waals surface area contributed by atoms with Crippen LogP contribution in [0.15, 0.2) is 15.8 Å². The van der Waals surface area contributed by atoms with Gasteiger partial charge in [-0.2, -0.15) is 0 Å². The first-order valence-corrected chi connectivity index (χ1v) is 8.13. The van der Waals surface area contributed by atoms with Gasteiger partial charge < -0.3 is 26.2 Å². The van der Waals surface area contributed by atoms with E-state index in [0.29, 0.717) is 11.3 Å². The van der Waals surface area contributed by atoms with Crippen LogP contribution >= 0.6 is 24.2 Å². The number of aryl methyl sites for hydroxylation is 1. The minimum absolute atomic E-state index is 0. The third kappa shape index (κ3) is 5.31. The molecule has 0 spiro atoms. The topological polar surface area (TPSA) is 162 Å². The van der Waals surface area contributed by atoms with Crippen LogP contribution in [0.4, 0.5) is 0 Å². The lowest BCUT2D eigenvalue weighted by Gasteiger charge is -2.32. The Kier molecular flexibility index (Phi) is 9.81. The summed E-state index contributed by atoms with van der Waals surface area (Å²) in [5, 5.41) is 37.4. The van der Waals surface area contributed by atoms with Gasteiger partial charge in [0.15, 0.2) is 0 Å². The lowest BCUT2D eigenvalue weighted by molar-refractivity contribution is -0.0850. The lowest BCUT2D eigenvalue weighted by Crippen LogP contribution is -2.53. The molecule has 11 heteroatoms. The molecule has 0 aliphatic heterocycles. The summed E-state index contributed by atoms with van der Waals surface area (Å²) in [5.41, 5.74) is 5.04. The summed E-state index contributed by atoms with van der Waals surface area (Å²) in [6.45, 7) is 2.60. The number of nitrogens with two attached hydrogens (primary N) is 1. The number of nitrogens with zero attached hydrogens (tertiary/aromatic N) is 1. The Morgan fingerprint density at radius 1 is 1.29 bits per heavy atom. The Labute approximate surface area is 148 Å². The fraction of sp³-hybridized carbons (Fsp3) is 0.692. The van der Waals surface area contributed by atoms with E-state index < -0.39 is 47.6 Å². The summed E-state index contributed by atoms with van der Waals surface area (Å²) in [6.07, 6.45) is -3.48. The maximum Gasteiger partial charge on any atom is 0.329 e. The van der Waals surface area contributed by atoms with Crippen LogP contribution in [0.3, 0.4) is 0 Å². The number of aliphatic hydroxyl groups is 4. The van der Waals surface area contributed by atoms with Gasteiger partial charge >= 0.3 is 5.69 Å². The van der Waals surface area contributed by atoms with Gasteiger partial charge in [0.2, 0.25) is 0 Å². The van der Waals surface area contributed by atoms with Crippen molar-refractivity contribution < 1.29 is 20.4 Å². The lowest BCUT2D eigenvalue weighted by atomic mass is 10.0. The molecule has 9 nitrogen and oxygen atoms in total. The van der Waals surface area contributed by atoms with E-state index in [-0.39, 0.29) is 12.4 Å². The number of aromatic amines is 1. The number of halogens is 1. The summed E-state index contributed by atoms with van der Waals surface area (Å²) < 4.78 is 1.18. The molecule has 1 rings (SSSR count). The number of nitrogens with one attached hydrogen (secondary N) is 1. The molecule has 0 aliphatic carbocycles. The molecule has 7 N–H and O–H groups in total. The van der Waals surface area contributed by atoms with Gasteiger partial charge in [0.05, 0.1) is 12.6 Å². The zero-order chi connectivity index (χ0) is 17.7. The molecule has 0 aromatic carbocycles. The second-order valence-corrected chi connectivity index (χ2v) is 6.53. The monoisotopic (exact) mass is 385 g/mol. The van der Waals surface area contributed by atoms with Crippen molar-refractivity contribution in [2.45, 2.75) is 43.6 Å². The van der Waals surface area contributed by atoms with Crippen LogP contribution in [-0.2, 0) is 0 Å². The van der Waals surface area contributed by atoms with Crippen molar-refractivity contribution >= 4 is 24.2 Å². The van der Waals surface area contributed by atoms with Crippen LogP contribution in [0.2, 0.25) is 0 Å². The average Bonchev–Trinajstić information content (AvgIpc) is 2.53. The van der Waals surface area contributed by atoms with Gasteiger partial charge in [-0.1, -0.05) is 6.92 Å². The highest BCUT2D eigenvalue weighted by Crippen LogP contribution is 2.26. The summed E-state index contributed by atoms with van der Waals surface area (Å²) in [6, 6.07) is -1.13. The van der Waals surface area contributed by atoms with Gasteiger partial charge in [-0.05, 0) is 12.7 Å². The molecule has 5 unspecified atom stereocenters. The first-order valence-electron chi connectivity index (χ1n) is 7.08. The molecule has 0 fully saturated rings. The largest absolute Gasteiger partial charge is 0.394 e. The molecule has 1 aromatic heterocycles. The smallest absolute Gasteiger partial charge is 0.329 e. The van der Waals surface area contributed by atoms with E-state index >= 15 is 0 Å². The van der Waals surface area contributed by atoms with Gasteiger partial charge in [0.1, 0.15) is 23.7 Å². The quantitative estimate of drug-likeness (QED) is 0.297. The van der Waals surface area contributed by atoms with Crippen molar-refractivity contribution in [3.8, 4) is 0 Å². The van der Waals surface area contributed by atoms with Crippen LogP contribution in [-0.4, -0.2) is 66.7 Å². The number of hydrogen-bond acceptors (Lipinski definition) is 8. The van der Waals surface area contributed by atoms with Gasteiger partial charge in [-0.3, -0.25) is 14.3 Å². The zero-order valence-corrected chi connectivity index (χ0v) is 15.0. The zero-order valence-electron chi connectivity index (χ0n) is 13.3. The van der Waals surface area contributed by atoms with Crippen LogP contribution in [0, 0.1) is 6.92 Å². The Hall–Kier alpha value is -0.880. The van der Waals surface area contributed by atoms with Crippen molar-refractivity contribution in [2.24, 2.45) is 5.73 Å². The molecule has 140 valence electrons. The van der Waals surface area contributed by atoms with Crippen molar-refractivity contribution in [3.63, 3.8) is 0 Å². The first-order chi connectivity index (χ1) is 10.7. The molecule has 1 heterocycles. The van der Waals surface area contributed by atoms with E-state index in [2.05, 4.69) is 4.98 Å². The van der Waals surface area contributed by atoms with Crippen LogP contribution in [0.25, 0.3) is 0 Å². The molecule has 0 saturated heterocycles. The molecular formula is C13H24ClN3O6S. The molecule has 24 heavy (non-hydrogen) atoms. The molecule has 0 saturated carbocycles. The molecule has 0 bridgehead atoms. The Morgan fingerprint density at radius 2 is 1.88 bits per heavy atom. The average molecular weight is 386 g/mol. The number of hydrogen-bond donors (Lipinski definition) is 6. The molecule has 1 aromatic rings. The van der Waals surface area contributed by atoms with Gasteiger partial charge in [0.25, 0.3) is 5.56 Å². The van der Waals surface area contributed by atoms with Crippen molar-refractivity contribution in [2.75, 3.05) is 12.4 Å².